The van der Waals surface area contributed by atoms with Crippen LogP contribution in [0.3, 0.4) is 0 Å². The van der Waals surface area contributed by atoms with E-state index in [0.717, 1.165) is 22.8 Å². The molecule has 0 saturated heterocycles. The van der Waals surface area contributed by atoms with E-state index in [2.05, 4.69) is 32.4 Å². The summed E-state index contributed by atoms with van der Waals surface area (Å²) in [5.41, 5.74) is 2.06. The van der Waals surface area contributed by atoms with Gasteiger partial charge in [-0.3, -0.25) is 9.56 Å². The molecular formula is C21H24N6O. The Morgan fingerprint density at radius 2 is 1.86 bits per heavy atom. The lowest BCUT2D eigenvalue weighted by Gasteiger charge is -2.14. The molecule has 3 aromatic rings. The van der Waals surface area contributed by atoms with Crippen molar-refractivity contribution in [1.82, 2.24) is 25.4 Å². The Morgan fingerprint density at radius 1 is 1.11 bits per heavy atom. The molecule has 0 saturated carbocycles. The molecule has 2 aromatic carbocycles. The third kappa shape index (κ3) is 4.97. The fourth-order valence-corrected chi connectivity index (χ4v) is 2.69. The molecule has 3 rings (SSSR count). The minimum absolute atomic E-state index is 0.471. The second-order valence-electron chi connectivity index (χ2n) is 5.94. The zero-order chi connectivity index (χ0) is 19.6. The van der Waals surface area contributed by atoms with E-state index in [-0.39, 0.29) is 0 Å². The van der Waals surface area contributed by atoms with Gasteiger partial charge in [0.15, 0.2) is 11.8 Å². The molecule has 28 heavy (non-hydrogen) atoms. The quantitative estimate of drug-likeness (QED) is 0.359. The van der Waals surface area contributed by atoms with Gasteiger partial charge in [-0.1, -0.05) is 49.1 Å². The molecule has 0 aliphatic rings. The van der Waals surface area contributed by atoms with Crippen molar-refractivity contribution < 1.29 is 4.74 Å². The molecule has 0 bridgehead atoms. The Kier molecular flexibility index (Phi) is 6.78. The van der Waals surface area contributed by atoms with Gasteiger partial charge >= 0.3 is 0 Å². The molecule has 0 aliphatic carbocycles. The average Bonchev–Trinajstić information content (AvgIpc) is 3.22. The Balaban J connectivity index is 1.60. The average molecular weight is 376 g/mol. The van der Waals surface area contributed by atoms with Gasteiger partial charge in [0.1, 0.15) is 18.7 Å². The second kappa shape index (κ2) is 9.91. The smallest absolute Gasteiger partial charge is 0.191 e. The summed E-state index contributed by atoms with van der Waals surface area (Å²) >= 11 is 0. The second-order valence-corrected chi connectivity index (χ2v) is 5.94. The first-order chi connectivity index (χ1) is 13.8. The molecule has 0 atom stereocenters. The molecule has 7 nitrogen and oxygen atoms in total. The highest BCUT2D eigenvalue weighted by Crippen LogP contribution is 2.17. The Hall–Kier alpha value is -3.61. The van der Waals surface area contributed by atoms with Crippen LogP contribution in [0.2, 0.25) is 0 Å². The van der Waals surface area contributed by atoms with Crippen molar-refractivity contribution in [2.75, 3.05) is 13.7 Å². The lowest BCUT2D eigenvalue weighted by Crippen LogP contribution is -2.37. The van der Waals surface area contributed by atoms with Gasteiger partial charge < -0.3 is 15.4 Å². The molecule has 1 heterocycles. The molecule has 0 spiro atoms. The minimum Gasteiger partial charge on any atom is -0.489 e. The predicted octanol–water partition coefficient (Wildman–Crippen LogP) is 2.70. The molecular weight excluding hydrogens is 352 g/mol. The van der Waals surface area contributed by atoms with Crippen molar-refractivity contribution in [3.63, 3.8) is 0 Å². The summed E-state index contributed by atoms with van der Waals surface area (Å²) in [6.45, 7) is 5.23. The summed E-state index contributed by atoms with van der Waals surface area (Å²) in [7, 11) is 1.73. The van der Waals surface area contributed by atoms with Crippen molar-refractivity contribution in [3.8, 4) is 11.4 Å². The maximum Gasteiger partial charge on any atom is 0.191 e. The van der Waals surface area contributed by atoms with Crippen molar-refractivity contribution >= 4 is 5.96 Å². The monoisotopic (exact) mass is 376 g/mol. The SMILES string of the molecule is C=CCOc1ccccc1CNC(=NC)NCc1nncn1-c1ccccc1. The number of aliphatic imine (C=N–C) groups is 1. The largest absolute Gasteiger partial charge is 0.489 e. The van der Waals surface area contributed by atoms with E-state index in [9.17, 15) is 0 Å². The highest BCUT2D eigenvalue weighted by atomic mass is 16.5. The summed E-state index contributed by atoms with van der Waals surface area (Å²) in [5.74, 6) is 2.29. The first kappa shape index (κ1) is 19.2. The van der Waals surface area contributed by atoms with Crippen LogP contribution in [0.5, 0.6) is 5.75 Å². The van der Waals surface area contributed by atoms with E-state index in [0.29, 0.717) is 25.7 Å². The maximum absolute atomic E-state index is 5.70. The summed E-state index contributed by atoms with van der Waals surface area (Å²) in [5, 5.41) is 14.8. The highest BCUT2D eigenvalue weighted by molar-refractivity contribution is 5.79. The third-order valence-electron chi connectivity index (χ3n) is 4.07. The number of para-hydroxylation sites is 2. The van der Waals surface area contributed by atoms with E-state index in [1.54, 1.807) is 19.5 Å². The Labute approximate surface area is 164 Å². The van der Waals surface area contributed by atoms with E-state index in [4.69, 9.17) is 4.74 Å². The molecule has 0 radical (unpaired) electrons. The first-order valence-corrected chi connectivity index (χ1v) is 9.02. The number of guanidine groups is 1. The summed E-state index contributed by atoms with van der Waals surface area (Å²) < 4.78 is 7.64. The van der Waals surface area contributed by atoms with Crippen LogP contribution in [-0.4, -0.2) is 34.4 Å². The van der Waals surface area contributed by atoms with E-state index in [1.807, 2.05) is 59.2 Å². The Morgan fingerprint density at radius 3 is 2.64 bits per heavy atom. The summed E-state index contributed by atoms with van der Waals surface area (Å²) in [6.07, 6.45) is 3.43. The van der Waals surface area contributed by atoms with Gasteiger partial charge in [0.2, 0.25) is 0 Å². The van der Waals surface area contributed by atoms with Crippen LogP contribution in [0, 0.1) is 0 Å². The van der Waals surface area contributed by atoms with Gasteiger partial charge in [-0.15, -0.1) is 10.2 Å². The number of nitrogens with zero attached hydrogens (tertiary/aromatic N) is 4. The van der Waals surface area contributed by atoms with Gasteiger partial charge in [0, 0.05) is 24.8 Å². The zero-order valence-corrected chi connectivity index (χ0v) is 15.9. The fourth-order valence-electron chi connectivity index (χ4n) is 2.69. The fraction of sp³-hybridized carbons (Fsp3) is 0.190. The topological polar surface area (TPSA) is 76.4 Å². The zero-order valence-electron chi connectivity index (χ0n) is 15.9. The van der Waals surface area contributed by atoms with Gasteiger partial charge in [-0.25, -0.2) is 0 Å². The van der Waals surface area contributed by atoms with E-state index < -0.39 is 0 Å². The molecule has 0 unspecified atom stereocenters. The van der Waals surface area contributed by atoms with E-state index >= 15 is 0 Å². The standard InChI is InChI=1S/C21H24N6O/c1-3-13-28-19-12-8-7-9-17(19)14-23-21(22-2)24-15-20-26-25-16-27(20)18-10-5-4-6-11-18/h3-12,16H,1,13-15H2,2H3,(H2,22,23,24). The Bertz CT molecular complexity index is 919. The number of hydrogen-bond donors (Lipinski definition) is 2. The molecule has 0 aliphatic heterocycles. The number of benzene rings is 2. The normalized spacial score (nSPS) is 11.1. The van der Waals surface area contributed by atoms with Crippen molar-refractivity contribution in [1.29, 1.82) is 0 Å². The number of hydrogen-bond acceptors (Lipinski definition) is 4. The van der Waals surface area contributed by atoms with Gasteiger partial charge in [0.25, 0.3) is 0 Å². The van der Waals surface area contributed by atoms with Crippen LogP contribution in [0.15, 0.2) is 78.6 Å². The van der Waals surface area contributed by atoms with Crippen molar-refractivity contribution in [2.24, 2.45) is 4.99 Å². The van der Waals surface area contributed by atoms with Crippen LogP contribution in [0.4, 0.5) is 0 Å². The molecule has 7 heteroatoms. The van der Waals surface area contributed by atoms with Crippen LogP contribution in [0.1, 0.15) is 11.4 Å². The maximum atomic E-state index is 5.70. The molecule has 1 aromatic heterocycles. The van der Waals surface area contributed by atoms with Gasteiger partial charge in [-0.2, -0.15) is 0 Å². The van der Waals surface area contributed by atoms with Crippen LogP contribution >= 0.6 is 0 Å². The van der Waals surface area contributed by atoms with E-state index in [1.165, 1.54) is 0 Å². The first-order valence-electron chi connectivity index (χ1n) is 9.02. The molecule has 144 valence electrons. The van der Waals surface area contributed by atoms with Crippen LogP contribution in [-0.2, 0) is 13.1 Å². The van der Waals surface area contributed by atoms with Gasteiger partial charge in [-0.05, 0) is 18.2 Å². The minimum atomic E-state index is 0.471. The number of nitrogens with one attached hydrogen (secondary N) is 2. The third-order valence-corrected chi connectivity index (χ3v) is 4.07. The van der Waals surface area contributed by atoms with Crippen molar-refractivity contribution in [2.45, 2.75) is 13.1 Å². The molecule has 2 N–H and O–H groups in total. The summed E-state index contributed by atoms with van der Waals surface area (Å²) in [4.78, 5) is 4.28. The number of rotatable bonds is 8. The highest BCUT2D eigenvalue weighted by Gasteiger charge is 2.08. The number of ether oxygens (including phenoxy) is 1. The predicted molar refractivity (Wildman–Crippen MR) is 111 cm³/mol. The lowest BCUT2D eigenvalue weighted by atomic mass is 10.2. The van der Waals surface area contributed by atoms with Crippen LogP contribution < -0.4 is 15.4 Å². The van der Waals surface area contributed by atoms with Crippen LogP contribution in [0.25, 0.3) is 5.69 Å². The summed E-state index contributed by atoms with van der Waals surface area (Å²) in [6, 6.07) is 17.9. The van der Waals surface area contributed by atoms with Gasteiger partial charge in [0.05, 0.1) is 6.54 Å². The number of aromatic nitrogens is 3. The lowest BCUT2D eigenvalue weighted by molar-refractivity contribution is 0.358. The molecule has 0 fully saturated rings. The molecule has 0 amide bonds. The van der Waals surface area contributed by atoms with Crippen molar-refractivity contribution in [3.05, 3.63) is 85.0 Å².